The Morgan fingerprint density at radius 1 is 1.07 bits per heavy atom. The lowest BCUT2D eigenvalue weighted by Gasteiger charge is -2.18. The van der Waals surface area contributed by atoms with Gasteiger partial charge in [-0.1, -0.05) is 53.6 Å². The molecule has 1 saturated heterocycles. The standard InChI is InChI=1S/C25H34N4O/c1-4-26-25(27-12-11-21-15-19(2)14-20(3)16-21)28-17-22-8-5-6-9-23(22)18-29-13-7-10-24(29)30/h5-6,8-9,14-16H,4,7,10-13,17-18H2,1-3H3,(H2,26,27,28). The highest BCUT2D eigenvalue weighted by Crippen LogP contribution is 2.18. The number of aryl methyl sites for hydroxylation is 2. The fourth-order valence-corrected chi connectivity index (χ4v) is 3.99. The monoisotopic (exact) mass is 406 g/mol. The summed E-state index contributed by atoms with van der Waals surface area (Å²) < 4.78 is 0. The number of aliphatic imine (C=N–C) groups is 1. The van der Waals surface area contributed by atoms with E-state index in [9.17, 15) is 4.79 Å². The van der Waals surface area contributed by atoms with Gasteiger partial charge in [-0.15, -0.1) is 0 Å². The molecule has 0 aliphatic carbocycles. The van der Waals surface area contributed by atoms with Gasteiger partial charge in [0.15, 0.2) is 5.96 Å². The fraction of sp³-hybridized carbons (Fsp3) is 0.440. The first-order valence-corrected chi connectivity index (χ1v) is 11.0. The van der Waals surface area contributed by atoms with Crippen LogP contribution in [0.4, 0.5) is 0 Å². The molecule has 0 radical (unpaired) electrons. The minimum atomic E-state index is 0.259. The second-order valence-corrected chi connectivity index (χ2v) is 8.06. The number of rotatable bonds is 8. The molecule has 0 unspecified atom stereocenters. The summed E-state index contributed by atoms with van der Waals surface area (Å²) in [7, 11) is 0. The quantitative estimate of drug-likeness (QED) is 0.519. The van der Waals surface area contributed by atoms with E-state index in [4.69, 9.17) is 4.99 Å². The van der Waals surface area contributed by atoms with E-state index in [1.54, 1.807) is 0 Å². The van der Waals surface area contributed by atoms with Crippen molar-refractivity contribution in [3.63, 3.8) is 0 Å². The van der Waals surface area contributed by atoms with E-state index in [0.717, 1.165) is 38.4 Å². The van der Waals surface area contributed by atoms with E-state index in [1.807, 2.05) is 17.0 Å². The van der Waals surface area contributed by atoms with Gasteiger partial charge in [-0.3, -0.25) is 4.79 Å². The second kappa shape index (κ2) is 10.8. The van der Waals surface area contributed by atoms with Crippen LogP contribution in [-0.2, 0) is 24.3 Å². The molecule has 5 nitrogen and oxygen atoms in total. The first kappa shape index (κ1) is 21.9. The van der Waals surface area contributed by atoms with Gasteiger partial charge in [-0.25, -0.2) is 4.99 Å². The molecule has 0 bridgehead atoms. The Bertz CT molecular complexity index is 870. The molecule has 1 aliphatic rings. The summed E-state index contributed by atoms with van der Waals surface area (Å²) in [5.41, 5.74) is 6.31. The third kappa shape index (κ3) is 6.34. The molecule has 1 fully saturated rings. The van der Waals surface area contributed by atoms with Crippen LogP contribution in [0.3, 0.4) is 0 Å². The Balaban J connectivity index is 1.61. The molecule has 5 heteroatoms. The van der Waals surface area contributed by atoms with Gasteiger partial charge in [-0.05, 0) is 50.3 Å². The molecular weight excluding hydrogens is 372 g/mol. The largest absolute Gasteiger partial charge is 0.357 e. The highest BCUT2D eigenvalue weighted by Gasteiger charge is 2.20. The van der Waals surface area contributed by atoms with Crippen LogP contribution in [0.25, 0.3) is 0 Å². The molecule has 30 heavy (non-hydrogen) atoms. The summed E-state index contributed by atoms with van der Waals surface area (Å²) >= 11 is 0. The van der Waals surface area contributed by atoms with Crippen molar-refractivity contribution in [3.8, 4) is 0 Å². The molecule has 0 spiro atoms. The van der Waals surface area contributed by atoms with Crippen molar-refractivity contribution in [1.82, 2.24) is 15.5 Å². The number of nitrogens with one attached hydrogen (secondary N) is 2. The average molecular weight is 407 g/mol. The number of guanidine groups is 1. The maximum atomic E-state index is 12.0. The predicted molar refractivity (Wildman–Crippen MR) is 124 cm³/mol. The van der Waals surface area contributed by atoms with Crippen LogP contribution in [0, 0.1) is 13.8 Å². The molecule has 0 atom stereocenters. The number of hydrogen-bond acceptors (Lipinski definition) is 2. The summed E-state index contributed by atoms with van der Waals surface area (Å²) in [5, 5.41) is 6.79. The number of likely N-dealkylation sites (tertiary alicyclic amines) is 1. The lowest BCUT2D eigenvalue weighted by molar-refractivity contribution is -0.128. The zero-order valence-electron chi connectivity index (χ0n) is 18.5. The summed E-state index contributed by atoms with van der Waals surface area (Å²) in [6.45, 7) is 10.1. The maximum absolute atomic E-state index is 12.0. The van der Waals surface area contributed by atoms with E-state index in [0.29, 0.717) is 19.5 Å². The van der Waals surface area contributed by atoms with Crippen LogP contribution < -0.4 is 10.6 Å². The van der Waals surface area contributed by atoms with Crippen molar-refractivity contribution in [2.24, 2.45) is 4.99 Å². The van der Waals surface area contributed by atoms with E-state index in [-0.39, 0.29) is 5.91 Å². The molecule has 160 valence electrons. The highest BCUT2D eigenvalue weighted by molar-refractivity contribution is 5.80. The Kier molecular flexibility index (Phi) is 7.89. The van der Waals surface area contributed by atoms with Crippen LogP contribution in [0.15, 0.2) is 47.5 Å². The molecule has 0 aromatic heterocycles. The molecular formula is C25H34N4O. The van der Waals surface area contributed by atoms with Crippen LogP contribution in [-0.4, -0.2) is 36.4 Å². The predicted octanol–water partition coefficient (Wildman–Crippen LogP) is 3.72. The van der Waals surface area contributed by atoms with Crippen molar-refractivity contribution in [3.05, 3.63) is 70.3 Å². The Hall–Kier alpha value is -2.82. The number of carbonyl (C=O) groups is 1. The van der Waals surface area contributed by atoms with Crippen molar-refractivity contribution >= 4 is 11.9 Å². The van der Waals surface area contributed by atoms with E-state index >= 15 is 0 Å². The summed E-state index contributed by atoms with van der Waals surface area (Å²) in [6, 6.07) is 15.0. The summed E-state index contributed by atoms with van der Waals surface area (Å²) in [5.74, 6) is 1.09. The van der Waals surface area contributed by atoms with Gasteiger partial charge in [0.2, 0.25) is 5.91 Å². The average Bonchev–Trinajstić information content (AvgIpc) is 3.11. The van der Waals surface area contributed by atoms with Gasteiger partial charge in [0.05, 0.1) is 6.54 Å². The third-order valence-corrected chi connectivity index (χ3v) is 5.39. The van der Waals surface area contributed by atoms with E-state index < -0.39 is 0 Å². The van der Waals surface area contributed by atoms with Crippen molar-refractivity contribution in [2.45, 2.75) is 53.1 Å². The Morgan fingerprint density at radius 2 is 1.80 bits per heavy atom. The van der Waals surface area contributed by atoms with Gasteiger partial charge in [0.1, 0.15) is 0 Å². The smallest absolute Gasteiger partial charge is 0.222 e. The van der Waals surface area contributed by atoms with Gasteiger partial charge in [0, 0.05) is 32.6 Å². The number of amides is 1. The topological polar surface area (TPSA) is 56.7 Å². The lowest BCUT2D eigenvalue weighted by Crippen LogP contribution is -2.38. The molecule has 2 aromatic carbocycles. The molecule has 1 amide bonds. The first-order chi connectivity index (χ1) is 14.5. The number of nitrogens with zero attached hydrogens (tertiary/aromatic N) is 2. The molecule has 2 N–H and O–H groups in total. The molecule has 0 saturated carbocycles. The Labute approximate surface area is 180 Å². The first-order valence-electron chi connectivity index (χ1n) is 11.0. The van der Waals surface area contributed by atoms with Crippen molar-refractivity contribution < 1.29 is 4.79 Å². The lowest BCUT2D eigenvalue weighted by atomic mass is 10.1. The van der Waals surface area contributed by atoms with Gasteiger partial charge in [-0.2, -0.15) is 0 Å². The Morgan fingerprint density at radius 3 is 2.47 bits per heavy atom. The molecule has 2 aromatic rings. The number of hydrogen-bond donors (Lipinski definition) is 2. The SMILES string of the molecule is CCNC(=NCc1ccccc1CN1CCCC1=O)NCCc1cc(C)cc(C)c1. The van der Waals surface area contributed by atoms with Gasteiger partial charge in [0.25, 0.3) is 0 Å². The second-order valence-electron chi connectivity index (χ2n) is 8.06. The zero-order valence-corrected chi connectivity index (χ0v) is 18.5. The van der Waals surface area contributed by atoms with Crippen molar-refractivity contribution in [1.29, 1.82) is 0 Å². The molecule has 1 aliphatic heterocycles. The minimum Gasteiger partial charge on any atom is -0.357 e. The summed E-state index contributed by atoms with van der Waals surface area (Å²) in [4.78, 5) is 18.7. The fourth-order valence-electron chi connectivity index (χ4n) is 3.99. The normalized spacial score (nSPS) is 14.3. The van der Waals surface area contributed by atoms with Gasteiger partial charge >= 0.3 is 0 Å². The van der Waals surface area contributed by atoms with Crippen LogP contribution in [0.1, 0.15) is 47.6 Å². The van der Waals surface area contributed by atoms with Gasteiger partial charge < -0.3 is 15.5 Å². The van der Waals surface area contributed by atoms with Crippen LogP contribution >= 0.6 is 0 Å². The zero-order chi connectivity index (χ0) is 21.3. The number of carbonyl (C=O) groups excluding carboxylic acids is 1. The van der Waals surface area contributed by atoms with Crippen molar-refractivity contribution in [2.75, 3.05) is 19.6 Å². The maximum Gasteiger partial charge on any atom is 0.222 e. The molecule has 1 heterocycles. The summed E-state index contributed by atoms with van der Waals surface area (Å²) in [6.07, 6.45) is 2.60. The third-order valence-electron chi connectivity index (χ3n) is 5.39. The van der Waals surface area contributed by atoms with E-state index in [1.165, 1.54) is 27.8 Å². The highest BCUT2D eigenvalue weighted by atomic mass is 16.2. The van der Waals surface area contributed by atoms with Crippen LogP contribution in [0.5, 0.6) is 0 Å². The van der Waals surface area contributed by atoms with E-state index in [2.05, 4.69) is 61.7 Å². The minimum absolute atomic E-state index is 0.259. The van der Waals surface area contributed by atoms with Crippen LogP contribution in [0.2, 0.25) is 0 Å². The molecule has 3 rings (SSSR count). The number of benzene rings is 2.